The van der Waals surface area contributed by atoms with Crippen LogP contribution in [0.3, 0.4) is 0 Å². The highest BCUT2D eigenvalue weighted by Crippen LogP contribution is 2.12. The molecule has 0 aliphatic heterocycles. The van der Waals surface area contributed by atoms with Gasteiger partial charge in [0.05, 0.1) is 12.2 Å². The fourth-order valence-electron chi connectivity index (χ4n) is 1.13. The van der Waals surface area contributed by atoms with Crippen LogP contribution in [0.4, 0.5) is 0 Å². The lowest BCUT2D eigenvalue weighted by Gasteiger charge is -2.04. The zero-order valence-corrected chi connectivity index (χ0v) is 9.46. The Bertz CT molecular complexity index is 328. The number of pyridine rings is 1. The van der Waals surface area contributed by atoms with Crippen LogP contribution in [0.1, 0.15) is 36.5 Å². The molecule has 0 amide bonds. The number of hydrogen-bond donors (Lipinski definition) is 0. The van der Waals surface area contributed by atoms with Crippen molar-refractivity contribution in [1.82, 2.24) is 4.98 Å². The number of aromatic nitrogens is 1. The summed E-state index contributed by atoms with van der Waals surface area (Å²) in [6, 6.07) is 3.27. The number of hydrogen-bond acceptors (Lipinski definition) is 3. The summed E-state index contributed by atoms with van der Waals surface area (Å²) in [5, 5.41) is 0.193. The van der Waals surface area contributed by atoms with Gasteiger partial charge in [0.25, 0.3) is 0 Å². The van der Waals surface area contributed by atoms with Gasteiger partial charge in [0, 0.05) is 6.20 Å². The minimum Gasteiger partial charge on any atom is -0.462 e. The number of rotatable bonds is 5. The topological polar surface area (TPSA) is 39.2 Å². The highest BCUT2D eigenvalue weighted by atomic mass is 35.5. The lowest BCUT2D eigenvalue weighted by atomic mass is 10.2. The van der Waals surface area contributed by atoms with E-state index in [0.717, 1.165) is 19.3 Å². The number of halogens is 1. The molecule has 3 nitrogen and oxygen atoms in total. The summed E-state index contributed by atoms with van der Waals surface area (Å²) in [7, 11) is 0. The molecule has 1 aromatic rings. The van der Waals surface area contributed by atoms with Gasteiger partial charge in [0.1, 0.15) is 5.15 Å². The highest BCUT2D eigenvalue weighted by Gasteiger charge is 2.11. The average Bonchev–Trinajstić information content (AvgIpc) is 2.25. The van der Waals surface area contributed by atoms with Crippen molar-refractivity contribution in [1.29, 1.82) is 0 Å². The predicted molar refractivity (Wildman–Crippen MR) is 59.1 cm³/mol. The molecule has 0 atom stereocenters. The van der Waals surface area contributed by atoms with Crippen LogP contribution in [0.15, 0.2) is 18.3 Å². The summed E-state index contributed by atoms with van der Waals surface area (Å²) in [4.78, 5) is 15.3. The van der Waals surface area contributed by atoms with E-state index >= 15 is 0 Å². The maximum absolute atomic E-state index is 11.5. The summed E-state index contributed by atoms with van der Waals surface area (Å²) in [6.07, 6.45) is 4.59. The first-order valence-electron chi connectivity index (χ1n) is 5.03. The Kier molecular flexibility index (Phi) is 5.12. The molecule has 0 fully saturated rings. The third-order valence-corrected chi connectivity index (χ3v) is 2.26. The maximum atomic E-state index is 11.5. The van der Waals surface area contributed by atoms with E-state index in [1.54, 1.807) is 12.1 Å². The smallest absolute Gasteiger partial charge is 0.341 e. The average molecular weight is 228 g/mol. The van der Waals surface area contributed by atoms with Gasteiger partial charge < -0.3 is 4.74 Å². The van der Waals surface area contributed by atoms with E-state index in [4.69, 9.17) is 16.3 Å². The Hall–Kier alpha value is -1.09. The second kappa shape index (κ2) is 6.40. The van der Waals surface area contributed by atoms with Gasteiger partial charge >= 0.3 is 5.97 Å². The van der Waals surface area contributed by atoms with Gasteiger partial charge in [0.15, 0.2) is 0 Å². The predicted octanol–water partition coefficient (Wildman–Crippen LogP) is 3.08. The second-order valence-corrected chi connectivity index (χ2v) is 3.54. The molecule has 0 N–H and O–H groups in total. The Morgan fingerprint density at radius 1 is 1.53 bits per heavy atom. The van der Waals surface area contributed by atoms with Crippen LogP contribution < -0.4 is 0 Å². The van der Waals surface area contributed by atoms with Gasteiger partial charge in [-0.2, -0.15) is 0 Å². The molecule has 0 saturated carbocycles. The van der Waals surface area contributed by atoms with Crippen molar-refractivity contribution in [2.24, 2.45) is 0 Å². The zero-order chi connectivity index (χ0) is 11.1. The van der Waals surface area contributed by atoms with Crippen LogP contribution in [0.2, 0.25) is 5.15 Å². The standard InChI is InChI=1S/C11H14ClNO2/c1-2-3-4-8-15-11(14)9-6-5-7-13-10(9)12/h5-7H,2-4,8H2,1H3. The highest BCUT2D eigenvalue weighted by molar-refractivity contribution is 6.32. The first-order valence-corrected chi connectivity index (χ1v) is 5.41. The van der Waals surface area contributed by atoms with E-state index in [9.17, 15) is 4.79 Å². The molecule has 15 heavy (non-hydrogen) atoms. The summed E-state index contributed by atoms with van der Waals surface area (Å²) >= 11 is 5.75. The van der Waals surface area contributed by atoms with Gasteiger partial charge in [-0.15, -0.1) is 0 Å². The van der Waals surface area contributed by atoms with Crippen LogP contribution >= 0.6 is 11.6 Å². The first kappa shape index (κ1) is 12.0. The zero-order valence-electron chi connectivity index (χ0n) is 8.70. The quantitative estimate of drug-likeness (QED) is 0.441. The van der Waals surface area contributed by atoms with Crippen molar-refractivity contribution in [3.63, 3.8) is 0 Å². The Labute approximate surface area is 94.4 Å². The molecular formula is C11H14ClNO2. The fraction of sp³-hybridized carbons (Fsp3) is 0.455. The number of carbonyl (C=O) groups excluding carboxylic acids is 1. The van der Waals surface area contributed by atoms with E-state index in [-0.39, 0.29) is 5.15 Å². The summed E-state index contributed by atoms with van der Waals surface area (Å²) in [5.74, 6) is -0.399. The van der Waals surface area contributed by atoms with Crippen LogP contribution in [-0.2, 0) is 4.74 Å². The van der Waals surface area contributed by atoms with Gasteiger partial charge in [-0.05, 0) is 18.6 Å². The Morgan fingerprint density at radius 2 is 2.33 bits per heavy atom. The van der Waals surface area contributed by atoms with Gasteiger partial charge in [-0.25, -0.2) is 9.78 Å². The van der Waals surface area contributed by atoms with E-state index in [1.165, 1.54) is 6.20 Å². The Balaban J connectivity index is 2.44. The summed E-state index contributed by atoms with van der Waals surface area (Å²) in [6.45, 7) is 2.54. The van der Waals surface area contributed by atoms with Crippen molar-refractivity contribution in [2.45, 2.75) is 26.2 Å². The lowest BCUT2D eigenvalue weighted by Crippen LogP contribution is -2.07. The van der Waals surface area contributed by atoms with Gasteiger partial charge in [-0.1, -0.05) is 31.4 Å². The Morgan fingerprint density at radius 3 is 3.00 bits per heavy atom. The number of unbranched alkanes of at least 4 members (excludes halogenated alkanes) is 2. The molecule has 0 spiro atoms. The molecule has 0 bridgehead atoms. The number of esters is 1. The molecule has 4 heteroatoms. The number of ether oxygens (including phenoxy) is 1. The van der Waals surface area contributed by atoms with E-state index in [2.05, 4.69) is 11.9 Å². The van der Waals surface area contributed by atoms with E-state index in [0.29, 0.717) is 12.2 Å². The maximum Gasteiger partial charge on any atom is 0.341 e. The van der Waals surface area contributed by atoms with Crippen molar-refractivity contribution in [2.75, 3.05) is 6.61 Å². The summed E-state index contributed by atoms with van der Waals surface area (Å²) in [5.41, 5.74) is 0.329. The van der Waals surface area contributed by atoms with E-state index in [1.807, 2.05) is 0 Å². The molecule has 1 rings (SSSR count). The van der Waals surface area contributed by atoms with Crippen LogP contribution in [-0.4, -0.2) is 17.6 Å². The minimum absolute atomic E-state index is 0.193. The number of carbonyl (C=O) groups is 1. The van der Waals surface area contributed by atoms with Crippen molar-refractivity contribution < 1.29 is 9.53 Å². The molecule has 1 aromatic heterocycles. The molecule has 0 aliphatic carbocycles. The van der Waals surface area contributed by atoms with Crippen LogP contribution in [0, 0.1) is 0 Å². The molecule has 1 heterocycles. The van der Waals surface area contributed by atoms with E-state index < -0.39 is 5.97 Å². The SMILES string of the molecule is CCCCCOC(=O)c1cccnc1Cl. The number of nitrogens with zero attached hydrogens (tertiary/aromatic N) is 1. The van der Waals surface area contributed by atoms with Gasteiger partial charge in [0.2, 0.25) is 0 Å². The molecule has 0 aromatic carbocycles. The largest absolute Gasteiger partial charge is 0.462 e. The molecule has 0 saturated heterocycles. The van der Waals surface area contributed by atoms with Crippen molar-refractivity contribution in [3.8, 4) is 0 Å². The minimum atomic E-state index is -0.399. The molecular weight excluding hydrogens is 214 g/mol. The van der Waals surface area contributed by atoms with Crippen molar-refractivity contribution >= 4 is 17.6 Å². The molecule has 82 valence electrons. The van der Waals surface area contributed by atoms with Gasteiger partial charge in [-0.3, -0.25) is 0 Å². The molecule has 0 unspecified atom stereocenters. The normalized spacial score (nSPS) is 10.0. The molecule has 0 radical (unpaired) electrons. The monoisotopic (exact) mass is 227 g/mol. The molecule has 0 aliphatic rings. The fourth-order valence-corrected chi connectivity index (χ4v) is 1.33. The summed E-state index contributed by atoms with van der Waals surface area (Å²) < 4.78 is 5.05. The van der Waals surface area contributed by atoms with Crippen LogP contribution in [0.25, 0.3) is 0 Å². The third kappa shape index (κ3) is 3.88. The van der Waals surface area contributed by atoms with Crippen LogP contribution in [0.5, 0.6) is 0 Å². The lowest BCUT2D eigenvalue weighted by molar-refractivity contribution is 0.0498. The third-order valence-electron chi connectivity index (χ3n) is 1.96. The first-order chi connectivity index (χ1) is 7.25. The van der Waals surface area contributed by atoms with Crippen molar-refractivity contribution in [3.05, 3.63) is 29.0 Å². The second-order valence-electron chi connectivity index (χ2n) is 3.18.